The molecule has 142 valence electrons. The number of halogens is 1. The summed E-state index contributed by atoms with van der Waals surface area (Å²) >= 11 is 5.90. The van der Waals surface area contributed by atoms with Crippen LogP contribution in [0.15, 0.2) is 24.4 Å². The Morgan fingerprint density at radius 1 is 1.21 bits per heavy atom. The minimum Gasteiger partial charge on any atom is -0.488 e. The number of carboxylic acid groups (broad SMARTS) is 1. The zero-order valence-corrected chi connectivity index (χ0v) is 16.1. The highest BCUT2D eigenvalue weighted by Crippen LogP contribution is 2.94. The molecule has 11 heteroatoms. The monoisotopic (exact) mass is 405 g/mol. The summed E-state index contributed by atoms with van der Waals surface area (Å²) < 4.78 is 6.92. The van der Waals surface area contributed by atoms with E-state index < -0.39 is 16.9 Å². The van der Waals surface area contributed by atoms with Crippen LogP contribution in [-0.2, 0) is 0 Å². The molecule has 0 saturated heterocycles. The highest BCUT2D eigenvalue weighted by Gasteiger charge is 2.90. The van der Waals surface area contributed by atoms with Crippen molar-refractivity contribution in [3.05, 3.63) is 35.1 Å². The summed E-state index contributed by atoms with van der Waals surface area (Å²) in [5, 5.41) is 22.0. The maximum atomic E-state index is 11.1. The Morgan fingerprint density at radius 3 is 2.34 bits per heavy atom. The van der Waals surface area contributed by atoms with Crippen molar-refractivity contribution in [1.29, 1.82) is 0 Å². The fourth-order valence-corrected chi connectivity index (χ4v) is 5.34. The van der Waals surface area contributed by atoms with Crippen molar-refractivity contribution < 1.29 is 19.7 Å². The Hall–Kier alpha value is -1.93. The molecule has 1 atom stereocenters. The number of fused-ring (bicyclic) bond motifs is 1. The van der Waals surface area contributed by atoms with Crippen LogP contribution in [0.1, 0.15) is 36.0 Å². The summed E-state index contributed by atoms with van der Waals surface area (Å²) in [5.41, 5.74) is -1.90. The maximum absolute atomic E-state index is 11.1. The van der Waals surface area contributed by atoms with E-state index >= 15 is 0 Å². The van der Waals surface area contributed by atoms with E-state index in [1.807, 2.05) is 0 Å². The molecule has 3 saturated carbocycles. The number of hydrogen-bond acceptors (Lipinski definition) is 5. The van der Waals surface area contributed by atoms with Gasteiger partial charge in [0, 0.05) is 23.2 Å². The molecule has 2 spiro atoms. The molecule has 0 aromatic carbocycles. The molecule has 2 heterocycles. The molecule has 3 fully saturated rings. The van der Waals surface area contributed by atoms with Crippen LogP contribution in [0.5, 0.6) is 5.88 Å². The second-order valence-electron chi connectivity index (χ2n) is 8.38. The number of aliphatic hydroxyl groups is 1. The zero-order valence-electron chi connectivity index (χ0n) is 15.4. The smallest absolute Gasteiger partial charge is 0.338 e. The lowest BCUT2D eigenvalue weighted by molar-refractivity contribution is -0.00719. The number of rotatable bonds is 6. The molecule has 0 aliphatic heterocycles. The van der Waals surface area contributed by atoms with Crippen LogP contribution >= 0.6 is 11.6 Å². The second-order valence-corrected chi connectivity index (χ2v) is 8.74. The quantitative estimate of drug-likeness (QED) is 0.551. The molecule has 0 bridgehead atoms. The van der Waals surface area contributed by atoms with Crippen LogP contribution < -0.4 is 4.74 Å². The first-order valence-corrected chi connectivity index (χ1v) is 9.66. The first kappa shape index (κ1) is 19.1. The van der Waals surface area contributed by atoms with Crippen molar-refractivity contribution in [3.8, 4) is 11.7 Å². The predicted molar refractivity (Wildman–Crippen MR) is 106 cm³/mol. The van der Waals surface area contributed by atoms with Gasteiger partial charge in [0.1, 0.15) is 28.7 Å². The third-order valence-electron chi connectivity index (χ3n) is 6.79. The van der Waals surface area contributed by atoms with Gasteiger partial charge in [-0.15, -0.1) is 5.10 Å². The summed E-state index contributed by atoms with van der Waals surface area (Å²) in [7, 11) is 18.5. The van der Waals surface area contributed by atoms with Gasteiger partial charge in [-0.05, 0) is 54.6 Å². The van der Waals surface area contributed by atoms with Crippen molar-refractivity contribution in [3.63, 3.8) is 0 Å². The van der Waals surface area contributed by atoms with Crippen molar-refractivity contribution in [2.24, 2.45) is 16.7 Å². The third kappa shape index (κ3) is 2.54. The maximum Gasteiger partial charge on any atom is 0.338 e. The molecule has 7 nitrogen and oxygen atoms in total. The van der Waals surface area contributed by atoms with Gasteiger partial charge in [0.25, 0.3) is 0 Å². The minimum absolute atomic E-state index is 0.0365. The number of hydrogen-bond donors (Lipinski definition) is 2. The van der Waals surface area contributed by atoms with Gasteiger partial charge < -0.3 is 14.9 Å². The standard InChI is InChI=1S/C18H15B3ClN3O4/c19-17(28,14-15(4-5-15)16(14)6-7-16)18(20,21)29-11-3-8-25(24-11)10-2-1-9(13(26)27)12(22)23-10/h1-3,8,14,28H,4-7H2,(H,26,27). The van der Waals surface area contributed by atoms with Crippen molar-refractivity contribution in [2.45, 2.75) is 36.6 Å². The second kappa shape index (κ2) is 5.61. The van der Waals surface area contributed by atoms with E-state index in [1.165, 1.54) is 29.1 Å². The van der Waals surface area contributed by atoms with Gasteiger partial charge >= 0.3 is 5.97 Å². The number of ether oxygens (including phenoxy) is 1. The number of aromatic nitrogens is 3. The summed E-state index contributed by atoms with van der Waals surface area (Å²) in [4.78, 5) is 15.1. The predicted octanol–water partition coefficient (Wildman–Crippen LogP) is 1.04. The summed E-state index contributed by atoms with van der Waals surface area (Å²) in [5.74, 6) is -1.06. The summed E-state index contributed by atoms with van der Waals surface area (Å²) in [6.45, 7) is 0. The molecule has 3 aliphatic rings. The van der Waals surface area contributed by atoms with Gasteiger partial charge in [0.15, 0.2) is 5.82 Å². The fourth-order valence-electron chi connectivity index (χ4n) is 5.10. The van der Waals surface area contributed by atoms with E-state index in [4.69, 9.17) is 45.0 Å². The van der Waals surface area contributed by atoms with Crippen LogP contribution in [-0.4, -0.2) is 65.4 Å². The van der Waals surface area contributed by atoms with E-state index in [0.717, 1.165) is 25.7 Å². The lowest BCUT2D eigenvalue weighted by atomic mass is 9.47. The van der Waals surface area contributed by atoms with Gasteiger partial charge in [0.05, 0.1) is 5.56 Å². The van der Waals surface area contributed by atoms with E-state index in [0.29, 0.717) is 0 Å². The van der Waals surface area contributed by atoms with Gasteiger partial charge in [-0.3, -0.25) is 0 Å². The highest BCUT2D eigenvalue weighted by molar-refractivity contribution is 6.44. The molecule has 5 rings (SSSR count). The third-order valence-corrected chi connectivity index (χ3v) is 7.08. The fraction of sp³-hybridized carbons (Fsp3) is 0.500. The number of carboxylic acids is 1. The SMILES string of the molecule is [B]C([B])(Oc1ccn(-c2ccc(C(=O)O)c(Cl)n2)n1)C([B])(O)C1C2(CC2)C12CC2. The molecule has 3 aliphatic carbocycles. The van der Waals surface area contributed by atoms with Crippen LogP contribution in [0.25, 0.3) is 5.82 Å². The van der Waals surface area contributed by atoms with Crippen LogP contribution in [0.4, 0.5) is 0 Å². The molecule has 1 unspecified atom stereocenters. The normalized spacial score (nSPS) is 23.0. The average Bonchev–Trinajstić information content (AvgIpc) is 3.58. The lowest BCUT2D eigenvalue weighted by Crippen LogP contribution is -2.62. The molecule has 2 aromatic rings. The lowest BCUT2D eigenvalue weighted by Gasteiger charge is -2.42. The van der Waals surface area contributed by atoms with Crippen LogP contribution in [0.3, 0.4) is 0 Å². The molecule has 6 radical (unpaired) electrons. The Bertz CT molecular complexity index is 1020. The average molecular weight is 405 g/mol. The Kier molecular flexibility index (Phi) is 3.69. The van der Waals surface area contributed by atoms with Crippen molar-refractivity contribution >= 4 is 41.1 Å². The van der Waals surface area contributed by atoms with E-state index in [1.54, 1.807) is 0 Å². The van der Waals surface area contributed by atoms with Crippen molar-refractivity contribution in [1.82, 2.24) is 14.8 Å². The van der Waals surface area contributed by atoms with E-state index in [2.05, 4.69) is 10.1 Å². The molecule has 0 amide bonds. The first-order chi connectivity index (χ1) is 13.5. The largest absolute Gasteiger partial charge is 0.488 e. The van der Waals surface area contributed by atoms with E-state index in [9.17, 15) is 9.90 Å². The molecule has 2 N–H and O–H groups in total. The van der Waals surface area contributed by atoms with Gasteiger partial charge in [-0.25, -0.2) is 14.5 Å². The highest BCUT2D eigenvalue weighted by atomic mass is 35.5. The van der Waals surface area contributed by atoms with Gasteiger partial charge in [-0.2, -0.15) is 0 Å². The van der Waals surface area contributed by atoms with E-state index in [-0.39, 0.29) is 39.2 Å². The van der Waals surface area contributed by atoms with Gasteiger partial charge in [-0.1, -0.05) is 11.6 Å². The number of aromatic carboxylic acids is 1. The molecular weight excluding hydrogens is 390 g/mol. The van der Waals surface area contributed by atoms with Gasteiger partial charge in [0.2, 0.25) is 5.88 Å². The molecular formula is C18H15B3ClN3O4. The number of pyridine rings is 1. The Balaban J connectivity index is 1.36. The zero-order chi connectivity index (χ0) is 20.8. The molecule has 2 aromatic heterocycles. The summed E-state index contributed by atoms with van der Waals surface area (Å²) in [6, 6.07) is 4.25. The number of carbonyl (C=O) groups is 1. The van der Waals surface area contributed by atoms with Crippen LogP contribution in [0.2, 0.25) is 5.15 Å². The van der Waals surface area contributed by atoms with Crippen LogP contribution in [0, 0.1) is 16.7 Å². The van der Waals surface area contributed by atoms with Crippen molar-refractivity contribution in [2.75, 3.05) is 0 Å². The Morgan fingerprint density at radius 2 is 1.83 bits per heavy atom. The first-order valence-electron chi connectivity index (χ1n) is 9.28. The summed E-state index contributed by atoms with van der Waals surface area (Å²) in [6.07, 6.45) is 5.63. The number of nitrogens with zero attached hydrogens (tertiary/aromatic N) is 3. The molecule has 29 heavy (non-hydrogen) atoms. The topological polar surface area (TPSA) is 97.5 Å². The Labute approximate surface area is 176 Å². The minimum atomic E-state index is -2.04.